The van der Waals surface area contributed by atoms with Gasteiger partial charge in [0.05, 0.1) is 13.0 Å². The predicted octanol–water partition coefficient (Wildman–Crippen LogP) is 2.04. The summed E-state index contributed by atoms with van der Waals surface area (Å²) >= 11 is 0. The third-order valence-corrected chi connectivity index (χ3v) is 2.12. The molecule has 0 saturated heterocycles. The summed E-state index contributed by atoms with van der Waals surface area (Å²) in [5.74, 6) is -0.252. The zero-order chi connectivity index (χ0) is 12.0. The van der Waals surface area contributed by atoms with Crippen molar-refractivity contribution in [2.45, 2.75) is 20.3 Å². The fourth-order valence-corrected chi connectivity index (χ4v) is 1.27. The number of benzene rings is 1. The van der Waals surface area contributed by atoms with Gasteiger partial charge in [-0.1, -0.05) is 12.1 Å². The molecule has 16 heavy (non-hydrogen) atoms. The van der Waals surface area contributed by atoms with E-state index >= 15 is 0 Å². The maximum Gasteiger partial charge on any atom is 0.223 e. The average molecular weight is 225 g/mol. The van der Waals surface area contributed by atoms with E-state index < -0.39 is 0 Å². The van der Waals surface area contributed by atoms with Crippen molar-refractivity contribution in [3.8, 4) is 5.75 Å². The third-order valence-electron chi connectivity index (χ3n) is 2.12. The summed E-state index contributed by atoms with van der Waals surface area (Å²) in [7, 11) is 0. The van der Waals surface area contributed by atoms with Crippen LogP contribution in [0, 0.1) is 12.7 Å². The van der Waals surface area contributed by atoms with E-state index in [0.717, 1.165) is 0 Å². The number of rotatable bonds is 5. The number of ether oxygens (including phenoxy) is 1. The highest BCUT2D eigenvalue weighted by atomic mass is 19.1. The molecule has 0 spiro atoms. The maximum atomic E-state index is 13.4. The topological polar surface area (TPSA) is 38.3 Å². The van der Waals surface area contributed by atoms with Crippen molar-refractivity contribution in [3.05, 3.63) is 29.6 Å². The number of hydrogen-bond donors (Lipinski definition) is 1. The number of amides is 1. The van der Waals surface area contributed by atoms with Gasteiger partial charge in [-0.25, -0.2) is 4.39 Å². The SMILES string of the molecule is CCNC(=O)CCOc1cccc(C)c1F. The molecule has 0 aromatic heterocycles. The van der Waals surface area contributed by atoms with Gasteiger partial charge in [0.2, 0.25) is 5.91 Å². The Balaban J connectivity index is 2.43. The summed E-state index contributed by atoms with van der Waals surface area (Å²) < 4.78 is 18.6. The Morgan fingerprint density at radius 1 is 1.50 bits per heavy atom. The number of halogens is 1. The van der Waals surface area contributed by atoms with Crippen molar-refractivity contribution in [1.29, 1.82) is 0 Å². The minimum absolute atomic E-state index is 0.0874. The van der Waals surface area contributed by atoms with E-state index in [1.54, 1.807) is 25.1 Å². The molecule has 0 saturated carbocycles. The van der Waals surface area contributed by atoms with Gasteiger partial charge in [-0.3, -0.25) is 4.79 Å². The largest absolute Gasteiger partial charge is 0.490 e. The highest BCUT2D eigenvalue weighted by molar-refractivity contribution is 5.75. The van der Waals surface area contributed by atoms with Crippen molar-refractivity contribution < 1.29 is 13.9 Å². The quantitative estimate of drug-likeness (QED) is 0.832. The first-order valence-electron chi connectivity index (χ1n) is 5.29. The van der Waals surface area contributed by atoms with Crippen LogP contribution in [0.1, 0.15) is 18.9 Å². The van der Waals surface area contributed by atoms with Crippen molar-refractivity contribution in [2.24, 2.45) is 0 Å². The zero-order valence-electron chi connectivity index (χ0n) is 9.55. The second-order valence-electron chi connectivity index (χ2n) is 3.44. The van der Waals surface area contributed by atoms with Gasteiger partial charge < -0.3 is 10.1 Å². The number of hydrogen-bond acceptors (Lipinski definition) is 2. The van der Waals surface area contributed by atoms with Crippen LogP contribution in [0.5, 0.6) is 5.75 Å². The molecular formula is C12H16FNO2. The molecule has 0 aliphatic carbocycles. The smallest absolute Gasteiger partial charge is 0.223 e. The summed E-state index contributed by atoms with van der Waals surface area (Å²) in [5, 5.41) is 2.65. The lowest BCUT2D eigenvalue weighted by atomic mass is 10.2. The first kappa shape index (κ1) is 12.5. The lowest BCUT2D eigenvalue weighted by Crippen LogP contribution is -2.24. The predicted molar refractivity (Wildman–Crippen MR) is 59.9 cm³/mol. The van der Waals surface area contributed by atoms with Crippen molar-refractivity contribution in [1.82, 2.24) is 5.32 Å². The summed E-state index contributed by atoms with van der Waals surface area (Å²) in [6, 6.07) is 4.95. The third kappa shape index (κ3) is 3.53. The molecule has 4 heteroatoms. The minimum Gasteiger partial charge on any atom is -0.490 e. The molecule has 88 valence electrons. The van der Waals surface area contributed by atoms with Gasteiger partial charge in [-0.15, -0.1) is 0 Å². The van der Waals surface area contributed by atoms with E-state index in [9.17, 15) is 9.18 Å². The molecule has 3 nitrogen and oxygen atoms in total. The maximum absolute atomic E-state index is 13.4. The summed E-state index contributed by atoms with van der Waals surface area (Å²) in [4.78, 5) is 11.1. The van der Waals surface area contributed by atoms with Crippen LogP contribution in [0.25, 0.3) is 0 Å². The Hall–Kier alpha value is -1.58. The van der Waals surface area contributed by atoms with Crippen LogP contribution in [0.4, 0.5) is 4.39 Å². The van der Waals surface area contributed by atoms with Crippen molar-refractivity contribution in [2.75, 3.05) is 13.2 Å². The van der Waals surface area contributed by atoms with Gasteiger partial charge in [0.1, 0.15) is 0 Å². The van der Waals surface area contributed by atoms with E-state index in [1.807, 2.05) is 6.92 Å². The molecule has 1 aromatic rings. The highest BCUT2D eigenvalue weighted by Crippen LogP contribution is 2.19. The molecule has 1 rings (SSSR count). The van der Waals surface area contributed by atoms with E-state index in [2.05, 4.69) is 5.32 Å². The monoisotopic (exact) mass is 225 g/mol. The highest BCUT2D eigenvalue weighted by Gasteiger charge is 2.06. The number of aryl methyl sites for hydroxylation is 1. The van der Waals surface area contributed by atoms with E-state index in [1.165, 1.54) is 0 Å². The Bertz CT molecular complexity index is 366. The minimum atomic E-state index is -0.363. The van der Waals surface area contributed by atoms with Crippen LogP contribution >= 0.6 is 0 Å². The first-order valence-corrected chi connectivity index (χ1v) is 5.29. The van der Waals surface area contributed by atoms with Crippen molar-refractivity contribution >= 4 is 5.91 Å². The van der Waals surface area contributed by atoms with Gasteiger partial charge in [0.25, 0.3) is 0 Å². The summed E-state index contributed by atoms with van der Waals surface area (Å²) in [5.41, 5.74) is 0.538. The van der Waals surface area contributed by atoms with Gasteiger partial charge >= 0.3 is 0 Å². The Morgan fingerprint density at radius 3 is 2.94 bits per heavy atom. The summed E-state index contributed by atoms with van der Waals surface area (Å²) in [6.45, 7) is 4.30. The fourth-order valence-electron chi connectivity index (χ4n) is 1.27. The molecule has 1 aromatic carbocycles. The van der Waals surface area contributed by atoms with Crippen molar-refractivity contribution in [3.63, 3.8) is 0 Å². The molecule has 0 unspecified atom stereocenters. The van der Waals surface area contributed by atoms with Gasteiger partial charge in [0, 0.05) is 6.54 Å². The zero-order valence-corrected chi connectivity index (χ0v) is 9.55. The first-order chi connectivity index (χ1) is 7.65. The standard InChI is InChI=1S/C12H16FNO2/c1-3-14-11(15)7-8-16-10-6-4-5-9(2)12(10)13/h4-6H,3,7-8H2,1-2H3,(H,14,15). The van der Waals surface area contributed by atoms with Crippen LogP contribution in [0.3, 0.4) is 0 Å². The second kappa shape index (κ2) is 6.10. The van der Waals surface area contributed by atoms with Gasteiger partial charge in [-0.2, -0.15) is 0 Å². The fraction of sp³-hybridized carbons (Fsp3) is 0.417. The molecule has 0 aliphatic rings. The number of carbonyl (C=O) groups excluding carboxylic acids is 1. The van der Waals surface area contributed by atoms with Crippen LogP contribution < -0.4 is 10.1 Å². The molecule has 0 fully saturated rings. The van der Waals surface area contributed by atoms with E-state index in [-0.39, 0.29) is 30.5 Å². The second-order valence-corrected chi connectivity index (χ2v) is 3.44. The van der Waals surface area contributed by atoms with Gasteiger partial charge in [-0.05, 0) is 25.5 Å². The molecule has 0 bridgehead atoms. The molecule has 1 N–H and O–H groups in total. The van der Waals surface area contributed by atoms with Gasteiger partial charge in [0.15, 0.2) is 11.6 Å². The summed E-state index contributed by atoms with van der Waals surface area (Å²) in [6.07, 6.45) is 0.237. The number of nitrogens with one attached hydrogen (secondary N) is 1. The number of carbonyl (C=O) groups is 1. The molecule has 0 radical (unpaired) electrons. The molecule has 0 heterocycles. The molecule has 0 atom stereocenters. The molecule has 1 amide bonds. The van der Waals surface area contributed by atoms with Crippen LogP contribution in [-0.2, 0) is 4.79 Å². The Labute approximate surface area is 94.6 Å². The van der Waals surface area contributed by atoms with Crippen LogP contribution in [-0.4, -0.2) is 19.1 Å². The molecular weight excluding hydrogens is 209 g/mol. The Kier molecular flexibility index (Phi) is 4.76. The average Bonchev–Trinajstić information content (AvgIpc) is 2.25. The van der Waals surface area contributed by atoms with E-state index in [0.29, 0.717) is 12.1 Å². The molecule has 0 aliphatic heterocycles. The normalized spacial score (nSPS) is 9.94. The van der Waals surface area contributed by atoms with Crippen LogP contribution in [0.2, 0.25) is 0 Å². The van der Waals surface area contributed by atoms with Crippen LogP contribution in [0.15, 0.2) is 18.2 Å². The Morgan fingerprint density at radius 2 is 2.25 bits per heavy atom. The lowest BCUT2D eigenvalue weighted by molar-refractivity contribution is -0.121. The lowest BCUT2D eigenvalue weighted by Gasteiger charge is -2.08. The van der Waals surface area contributed by atoms with E-state index in [4.69, 9.17) is 4.74 Å².